The second-order valence-corrected chi connectivity index (χ2v) is 6.48. The highest BCUT2D eigenvalue weighted by molar-refractivity contribution is 5.40. The maximum absolute atomic E-state index is 4.53. The molecule has 1 heterocycles. The van der Waals surface area contributed by atoms with Gasteiger partial charge in [-0.25, -0.2) is 4.98 Å². The van der Waals surface area contributed by atoms with Gasteiger partial charge in [-0.1, -0.05) is 43.5 Å². The molecule has 4 rings (SSSR count). The number of hydrogen-bond donors (Lipinski definition) is 1. The molecule has 1 saturated carbocycles. The van der Waals surface area contributed by atoms with Crippen molar-refractivity contribution in [1.82, 2.24) is 9.55 Å². The van der Waals surface area contributed by atoms with Crippen LogP contribution >= 0.6 is 0 Å². The van der Waals surface area contributed by atoms with Gasteiger partial charge in [0.25, 0.3) is 0 Å². The summed E-state index contributed by atoms with van der Waals surface area (Å²) in [4.78, 5) is 4.53. The minimum atomic E-state index is 0.619. The number of hydrogen-bond acceptors (Lipinski definition) is 2. The fourth-order valence-electron chi connectivity index (χ4n) is 3.79. The van der Waals surface area contributed by atoms with E-state index in [9.17, 15) is 0 Å². The van der Waals surface area contributed by atoms with E-state index >= 15 is 0 Å². The number of aromatic nitrogens is 2. The van der Waals surface area contributed by atoms with Crippen LogP contribution in [0.4, 0.5) is 5.95 Å². The molecule has 1 aromatic heterocycles. The van der Waals surface area contributed by atoms with Gasteiger partial charge >= 0.3 is 0 Å². The van der Waals surface area contributed by atoms with Crippen molar-refractivity contribution >= 4 is 5.95 Å². The maximum atomic E-state index is 4.53. The molecule has 3 nitrogen and oxygen atoms in total. The molecule has 1 unspecified atom stereocenters. The van der Waals surface area contributed by atoms with Crippen molar-refractivity contribution in [2.24, 2.45) is 0 Å². The molecular weight excluding hydrogens is 258 g/mol. The van der Waals surface area contributed by atoms with E-state index in [-0.39, 0.29) is 0 Å². The largest absolute Gasteiger partial charge is 0.353 e. The lowest BCUT2D eigenvalue weighted by Crippen LogP contribution is -2.26. The topological polar surface area (TPSA) is 29.9 Å². The third-order valence-electron chi connectivity index (χ3n) is 5.03. The Morgan fingerprint density at radius 3 is 2.86 bits per heavy atom. The zero-order valence-corrected chi connectivity index (χ0v) is 12.5. The van der Waals surface area contributed by atoms with Crippen molar-refractivity contribution in [3.05, 3.63) is 47.8 Å². The molecule has 2 aliphatic rings. The van der Waals surface area contributed by atoms with Gasteiger partial charge in [0.05, 0.1) is 0 Å². The third kappa shape index (κ3) is 2.57. The molecular formula is C18H23N3. The molecule has 0 spiro atoms. The first kappa shape index (κ1) is 12.9. The molecule has 2 aliphatic carbocycles. The lowest BCUT2D eigenvalue weighted by atomic mass is 9.77. The summed E-state index contributed by atoms with van der Waals surface area (Å²) in [5, 5.41) is 3.66. The Morgan fingerprint density at radius 1 is 1.14 bits per heavy atom. The monoisotopic (exact) mass is 281 g/mol. The number of benzene rings is 1. The van der Waals surface area contributed by atoms with E-state index in [0.717, 1.165) is 12.5 Å². The quantitative estimate of drug-likeness (QED) is 0.919. The predicted octanol–water partition coefficient (Wildman–Crippen LogP) is 3.97. The van der Waals surface area contributed by atoms with Crippen LogP contribution in [-0.4, -0.2) is 15.6 Å². The first-order valence-corrected chi connectivity index (χ1v) is 8.25. The highest BCUT2D eigenvalue weighted by Crippen LogP contribution is 2.36. The first-order valence-electron chi connectivity index (χ1n) is 8.25. The Morgan fingerprint density at radius 2 is 2.00 bits per heavy atom. The molecule has 2 aromatic rings. The molecule has 1 N–H and O–H groups in total. The minimum Gasteiger partial charge on any atom is -0.353 e. The van der Waals surface area contributed by atoms with Gasteiger partial charge in [-0.3, -0.25) is 0 Å². The summed E-state index contributed by atoms with van der Waals surface area (Å²) in [7, 11) is 0. The first-order chi connectivity index (χ1) is 10.4. The number of nitrogens with one attached hydrogen (secondary N) is 1. The highest BCUT2D eigenvalue weighted by atomic mass is 15.2. The van der Waals surface area contributed by atoms with Crippen LogP contribution in [0.1, 0.15) is 49.1 Å². The average molecular weight is 281 g/mol. The molecule has 0 radical (unpaired) electrons. The molecule has 110 valence electrons. The van der Waals surface area contributed by atoms with Gasteiger partial charge in [0.15, 0.2) is 0 Å². The minimum absolute atomic E-state index is 0.619. The van der Waals surface area contributed by atoms with Gasteiger partial charge in [-0.15, -0.1) is 0 Å². The van der Waals surface area contributed by atoms with E-state index in [1.807, 2.05) is 6.20 Å². The van der Waals surface area contributed by atoms with Gasteiger partial charge in [-0.05, 0) is 30.4 Å². The number of nitrogens with zero attached hydrogens (tertiary/aromatic N) is 2. The standard InChI is InChI=1S/C18H23N3/c1-2-7-16(8-3-1)20-18-19-10-11-21(18)13-15-12-14-6-4-5-9-17(14)15/h4-6,9-11,15-16H,1-3,7-8,12-13H2,(H,19,20). The lowest BCUT2D eigenvalue weighted by Gasteiger charge is -2.31. The van der Waals surface area contributed by atoms with Gasteiger partial charge in [0.1, 0.15) is 0 Å². The Labute approximate surface area is 126 Å². The summed E-state index contributed by atoms with van der Waals surface area (Å²) < 4.78 is 2.30. The van der Waals surface area contributed by atoms with E-state index in [0.29, 0.717) is 12.0 Å². The number of fused-ring (bicyclic) bond motifs is 1. The Balaban J connectivity index is 1.44. The summed E-state index contributed by atoms with van der Waals surface area (Å²) >= 11 is 0. The fourth-order valence-corrected chi connectivity index (χ4v) is 3.79. The summed E-state index contributed by atoms with van der Waals surface area (Å²) in [6.45, 7) is 1.05. The van der Waals surface area contributed by atoms with E-state index < -0.39 is 0 Å². The van der Waals surface area contributed by atoms with E-state index in [2.05, 4.69) is 45.3 Å². The highest BCUT2D eigenvalue weighted by Gasteiger charge is 2.26. The van der Waals surface area contributed by atoms with Crippen molar-refractivity contribution in [3.8, 4) is 0 Å². The van der Waals surface area contributed by atoms with E-state index in [4.69, 9.17) is 0 Å². The van der Waals surface area contributed by atoms with E-state index in [1.165, 1.54) is 49.7 Å². The molecule has 1 aromatic carbocycles. The number of anilines is 1. The van der Waals surface area contributed by atoms with Crippen LogP contribution in [0.15, 0.2) is 36.7 Å². The average Bonchev–Trinajstić information content (AvgIpc) is 2.93. The summed E-state index contributed by atoms with van der Waals surface area (Å²) in [6.07, 6.45) is 11.9. The zero-order valence-electron chi connectivity index (χ0n) is 12.5. The zero-order chi connectivity index (χ0) is 14.1. The second-order valence-electron chi connectivity index (χ2n) is 6.48. The molecule has 0 aliphatic heterocycles. The summed E-state index contributed by atoms with van der Waals surface area (Å²) in [5.74, 6) is 1.72. The van der Waals surface area contributed by atoms with Crippen molar-refractivity contribution in [1.29, 1.82) is 0 Å². The molecule has 0 saturated heterocycles. The molecule has 1 atom stereocenters. The molecule has 0 amide bonds. The van der Waals surface area contributed by atoms with Gasteiger partial charge < -0.3 is 9.88 Å². The van der Waals surface area contributed by atoms with Crippen LogP contribution in [-0.2, 0) is 13.0 Å². The third-order valence-corrected chi connectivity index (χ3v) is 5.03. The van der Waals surface area contributed by atoms with Gasteiger partial charge in [0, 0.05) is 30.9 Å². The number of rotatable bonds is 4. The Hall–Kier alpha value is -1.77. The van der Waals surface area contributed by atoms with Crippen molar-refractivity contribution < 1.29 is 0 Å². The lowest BCUT2D eigenvalue weighted by molar-refractivity contribution is 0.455. The van der Waals surface area contributed by atoms with Crippen molar-refractivity contribution in [3.63, 3.8) is 0 Å². The SMILES string of the molecule is c1ccc2c(c1)CC2Cn1ccnc1NC1CCCCC1. The van der Waals surface area contributed by atoms with Gasteiger partial charge in [0.2, 0.25) is 5.95 Å². The fraction of sp³-hybridized carbons (Fsp3) is 0.500. The van der Waals surface area contributed by atoms with Crippen LogP contribution in [0.5, 0.6) is 0 Å². The maximum Gasteiger partial charge on any atom is 0.203 e. The van der Waals surface area contributed by atoms with Crippen LogP contribution in [0.25, 0.3) is 0 Å². The van der Waals surface area contributed by atoms with Crippen LogP contribution in [0.3, 0.4) is 0 Å². The van der Waals surface area contributed by atoms with E-state index in [1.54, 1.807) is 0 Å². The Bertz CT molecular complexity index is 610. The van der Waals surface area contributed by atoms with Crippen molar-refractivity contribution in [2.75, 3.05) is 5.32 Å². The van der Waals surface area contributed by atoms with Crippen molar-refractivity contribution in [2.45, 2.75) is 57.0 Å². The molecule has 1 fully saturated rings. The van der Waals surface area contributed by atoms with Crippen LogP contribution in [0, 0.1) is 0 Å². The predicted molar refractivity (Wildman–Crippen MR) is 85.6 cm³/mol. The second kappa shape index (κ2) is 5.55. The number of imidazole rings is 1. The van der Waals surface area contributed by atoms with Crippen LogP contribution < -0.4 is 5.32 Å². The molecule has 21 heavy (non-hydrogen) atoms. The molecule has 3 heteroatoms. The summed E-state index contributed by atoms with van der Waals surface area (Å²) in [5.41, 5.74) is 3.04. The van der Waals surface area contributed by atoms with Gasteiger partial charge in [-0.2, -0.15) is 0 Å². The molecule has 0 bridgehead atoms. The summed E-state index contributed by atoms with van der Waals surface area (Å²) in [6, 6.07) is 9.44. The smallest absolute Gasteiger partial charge is 0.203 e. The normalized spacial score (nSPS) is 21.6. The van der Waals surface area contributed by atoms with Crippen LogP contribution in [0.2, 0.25) is 0 Å². The Kier molecular flexibility index (Phi) is 3.42.